The van der Waals surface area contributed by atoms with Gasteiger partial charge in [0.15, 0.2) is 5.13 Å². The topological polar surface area (TPSA) is 63.0 Å². The molecule has 2 fully saturated rings. The predicted octanol–water partition coefficient (Wildman–Crippen LogP) is 3.09. The fourth-order valence-corrected chi connectivity index (χ4v) is 5.30. The van der Waals surface area contributed by atoms with Crippen LogP contribution in [0.1, 0.15) is 12.8 Å². The Labute approximate surface area is 166 Å². The molecule has 0 radical (unpaired) electrons. The molecule has 1 spiro atoms. The minimum Gasteiger partial charge on any atom is -0.370 e. The first-order chi connectivity index (χ1) is 13.1. The van der Waals surface area contributed by atoms with Gasteiger partial charge in [0.1, 0.15) is 0 Å². The van der Waals surface area contributed by atoms with Crippen LogP contribution in [-0.4, -0.2) is 51.4 Å². The third-order valence-electron chi connectivity index (χ3n) is 5.56. The molecule has 1 atom stereocenters. The molecule has 27 heavy (non-hydrogen) atoms. The largest absolute Gasteiger partial charge is 0.370 e. The van der Waals surface area contributed by atoms with Crippen molar-refractivity contribution in [2.24, 2.45) is 12.5 Å². The minimum atomic E-state index is 0.315. The molecular weight excluding hydrogens is 382 g/mol. The molecule has 0 amide bonds. The van der Waals surface area contributed by atoms with Crippen molar-refractivity contribution in [3.8, 4) is 10.7 Å². The van der Waals surface area contributed by atoms with Crippen LogP contribution in [0.25, 0.3) is 10.7 Å². The second-order valence-electron chi connectivity index (χ2n) is 7.40. The van der Waals surface area contributed by atoms with Crippen molar-refractivity contribution in [3.63, 3.8) is 0 Å². The van der Waals surface area contributed by atoms with E-state index in [2.05, 4.69) is 42.3 Å². The van der Waals surface area contributed by atoms with Crippen LogP contribution in [-0.2, 0) is 7.05 Å². The summed E-state index contributed by atoms with van der Waals surface area (Å²) in [6.45, 7) is 4.19. The van der Waals surface area contributed by atoms with Crippen LogP contribution < -0.4 is 9.80 Å². The first kappa shape index (κ1) is 16.9. The number of aryl methyl sites for hydroxylation is 1. The van der Waals surface area contributed by atoms with E-state index in [0.29, 0.717) is 11.2 Å². The van der Waals surface area contributed by atoms with Gasteiger partial charge in [-0.3, -0.25) is 0 Å². The lowest BCUT2D eigenvalue weighted by molar-refractivity contribution is 0.374. The van der Waals surface area contributed by atoms with Gasteiger partial charge in [0.05, 0.1) is 28.8 Å². The van der Waals surface area contributed by atoms with Crippen molar-refractivity contribution in [2.45, 2.75) is 12.8 Å². The lowest BCUT2D eigenvalue weighted by Crippen LogP contribution is -2.30. The highest BCUT2D eigenvalue weighted by Crippen LogP contribution is 2.44. The van der Waals surface area contributed by atoms with Crippen molar-refractivity contribution in [1.29, 1.82) is 0 Å². The molecule has 0 N–H and O–H groups in total. The lowest BCUT2D eigenvalue weighted by atomic mass is 9.86. The summed E-state index contributed by atoms with van der Waals surface area (Å²) in [6, 6.07) is 8.14. The van der Waals surface area contributed by atoms with E-state index in [-0.39, 0.29) is 0 Å². The molecule has 2 aromatic heterocycles. The third-order valence-corrected chi connectivity index (χ3v) is 6.94. The van der Waals surface area contributed by atoms with Gasteiger partial charge >= 0.3 is 0 Å². The number of benzene rings is 1. The maximum absolute atomic E-state index is 6.41. The van der Waals surface area contributed by atoms with Gasteiger partial charge in [0, 0.05) is 31.6 Å². The highest BCUT2D eigenvalue weighted by atomic mass is 35.5. The summed E-state index contributed by atoms with van der Waals surface area (Å²) in [6.07, 6.45) is 4.23. The molecule has 9 heteroatoms. The smallest absolute Gasteiger partial charge is 0.216 e. The Balaban J connectivity index is 1.31. The number of thiazole rings is 1. The van der Waals surface area contributed by atoms with Crippen molar-refractivity contribution < 1.29 is 0 Å². The van der Waals surface area contributed by atoms with Crippen LogP contribution in [0.2, 0.25) is 5.02 Å². The Morgan fingerprint density at radius 1 is 1.11 bits per heavy atom. The second-order valence-corrected chi connectivity index (χ2v) is 8.82. The number of halogens is 1. The molecule has 1 unspecified atom stereocenters. The van der Waals surface area contributed by atoms with Gasteiger partial charge in [-0.25, -0.2) is 4.98 Å². The summed E-state index contributed by atoms with van der Waals surface area (Å²) in [5.74, 6) is 0.640. The molecular formula is C18H20ClN7S. The molecule has 1 aromatic carbocycles. The van der Waals surface area contributed by atoms with E-state index in [9.17, 15) is 0 Å². The zero-order chi connectivity index (χ0) is 18.4. The molecule has 5 rings (SSSR count). The fraction of sp³-hybridized carbons (Fsp3) is 0.444. The molecule has 2 aliphatic rings. The summed E-state index contributed by atoms with van der Waals surface area (Å²) in [7, 11) is 1.77. The van der Waals surface area contributed by atoms with Gasteiger partial charge in [0.25, 0.3) is 0 Å². The number of para-hydroxylation sites is 1. The second kappa shape index (κ2) is 6.45. The van der Waals surface area contributed by atoms with Crippen molar-refractivity contribution in [3.05, 3.63) is 35.5 Å². The molecule has 140 valence electrons. The number of rotatable bonds is 3. The van der Waals surface area contributed by atoms with E-state index in [4.69, 9.17) is 11.6 Å². The predicted molar refractivity (Wildman–Crippen MR) is 107 cm³/mol. The Hall–Kier alpha value is -2.19. The van der Waals surface area contributed by atoms with Gasteiger partial charge in [-0.05, 0) is 30.2 Å². The monoisotopic (exact) mass is 401 g/mol. The van der Waals surface area contributed by atoms with E-state index in [1.807, 2.05) is 18.3 Å². The van der Waals surface area contributed by atoms with Crippen LogP contribution in [0.3, 0.4) is 0 Å². The van der Waals surface area contributed by atoms with Crippen molar-refractivity contribution >= 4 is 33.8 Å². The normalized spacial score (nSPS) is 22.3. The molecule has 2 aliphatic heterocycles. The zero-order valence-electron chi connectivity index (χ0n) is 15.0. The maximum Gasteiger partial charge on any atom is 0.216 e. The average Bonchev–Trinajstić information content (AvgIpc) is 3.44. The summed E-state index contributed by atoms with van der Waals surface area (Å²) >= 11 is 8.05. The average molecular weight is 402 g/mol. The Bertz CT molecular complexity index is 970. The van der Waals surface area contributed by atoms with E-state index in [0.717, 1.165) is 46.9 Å². The maximum atomic E-state index is 6.41. The number of hydrogen-bond donors (Lipinski definition) is 0. The summed E-state index contributed by atoms with van der Waals surface area (Å²) < 4.78 is 0. The Morgan fingerprint density at radius 3 is 2.67 bits per heavy atom. The molecule has 2 saturated heterocycles. The molecule has 4 heterocycles. The number of tetrazole rings is 1. The number of nitrogens with zero attached hydrogens (tertiary/aromatic N) is 7. The van der Waals surface area contributed by atoms with E-state index >= 15 is 0 Å². The molecule has 0 bridgehead atoms. The standard InChI is InChI=1S/C18H20ClN7S/c1-24-22-16(21-23-24)15-10-20-17(27-15)26-9-7-18(12-26)6-8-25(11-18)14-5-3-2-4-13(14)19/h2-5,10H,6-9,11-12H2,1H3. The molecule has 3 aromatic rings. The van der Waals surface area contributed by atoms with Crippen LogP contribution >= 0.6 is 22.9 Å². The third kappa shape index (κ3) is 3.06. The van der Waals surface area contributed by atoms with Gasteiger partial charge in [0.2, 0.25) is 5.82 Å². The molecule has 0 saturated carbocycles. The zero-order valence-corrected chi connectivity index (χ0v) is 16.6. The van der Waals surface area contributed by atoms with Crippen LogP contribution in [0.4, 0.5) is 10.8 Å². The van der Waals surface area contributed by atoms with Crippen LogP contribution in [0, 0.1) is 5.41 Å². The fourth-order valence-electron chi connectivity index (χ4n) is 4.18. The Kier molecular flexibility index (Phi) is 4.05. The summed E-state index contributed by atoms with van der Waals surface area (Å²) in [5.41, 5.74) is 1.47. The number of hydrogen-bond acceptors (Lipinski definition) is 7. The molecule has 7 nitrogen and oxygen atoms in total. The lowest BCUT2D eigenvalue weighted by Gasteiger charge is -2.26. The first-order valence-corrected chi connectivity index (χ1v) is 10.3. The van der Waals surface area contributed by atoms with E-state index < -0.39 is 0 Å². The highest BCUT2D eigenvalue weighted by molar-refractivity contribution is 7.18. The molecule has 0 aliphatic carbocycles. The summed E-state index contributed by atoms with van der Waals surface area (Å²) in [5, 5.41) is 14.1. The number of aromatic nitrogens is 5. The van der Waals surface area contributed by atoms with E-state index in [1.54, 1.807) is 18.4 Å². The van der Waals surface area contributed by atoms with Gasteiger partial charge in [-0.2, -0.15) is 4.80 Å². The van der Waals surface area contributed by atoms with E-state index in [1.165, 1.54) is 17.6 Å². The highest BCUT2D eigenvalue weighted by Gasteiger charge is 2.44. The SMILES string of the molecule is Cn1nnc(-c2cnc(N3CCC4(CCN(c5ccccc5Cl)C4)C3)s2)n1. The Morgan fingerprint density at radius 2 is 1.89 bits per heavy atom. The van der Waals surface area contributed by atoms with Crippen LogP contribution in [0.15, 0.2) is 30.5 Å². The van der Waals surface area contributed by atoms with Gasteiger partial charge < -0.3 is 9.80 Å². The first-order valence-electron chi connectivity index (χ1n) is 9.07. The van der Waals surface area contributed by atoms with Crippen LogP contribution in [0.5, 0.6) is 0 Å². The summed E-state index contributed by atoms with van der Waals surface area (Å²) in [4.78, 5) is 11.9. The number of anilines is 2. The van der Waals surface area contributed by atoms with Crippen molar-refractivity contribution in [2.75, 3.05) is 36.0 Å². The van der Waals surface area contributed by atoms with Gasteiger partial charge in [-0.1, -0.05) is 35.1 Å². The minimum absolute atomic E-state index is 0.315. The quantitative estimate of drug-likeness (QED) is 0.672. The van der Waals surface area contributed by atoms with Crippen molar-refractivity contribution in [1.82, 2.24) is 25.2 Å². The van der Waals surface area contributed by atoms with Gasteiger partial charge in [-0.15, -0.1) is 10.2 Å².